The molecule has 10 rings (SSSR count). The van der Waals surface area contributed by atoms with Gasteiger partial charge >= 0.3 is 0 Å². The Morgan fingerprint density at radius 1 is 0.404 bits per heavy atom. The fourth-order valence-electron chi connectivity index (χ4n) is 7.66. The van der Waals surface area contributed by atoms with Gasteiger partial charge in [0, 0.05) is 49.6 Å². The van der Waals surface area contributed by atoms with Gasteiger partial charge in [-0.05, 0) is 66.7 Å². The quantitative estimate of drug-likeness (QED) is 0.184. The number of aromatic nitrogens is 4. The second kappa shape index (κ2) is 11.9. The number of rotatable bonds is 5. The minimum Gasteiger partial charge on any atom is -0.309 e. The molecule has 0 atom stereocenters. The zero-order valence-electron chi connectivity index (χ0n) is 28.0. The van der Waals surface area contributed by atoms with Gasteiger partial charge in [0.05, 0.1) is 45.1 Å². The number of nitrogens with zero attached hydrogens (tertiary/aromatic N) is 5. The number of fused-ring (bicyclic) bond motifs is 7. The van der Waals surface area contributed by atoms with E-state index in [0.29, 0.717) is 11.4 Å². The van der Waals surface area contributed by atoms with Gasteiger partial charge in [-0.15, -0.1) is 0 Å². The van der Waals surface area contributed by atoms with Crippen LogP contribution in [0.3, 0.4) is 0 Å². The molecule has 7 aromatic carbocycles. The first-order valence-corrected chi connectivity index (χ1v) is 17.3. The van der Waals surface area contributed by atoms with Gasteiger partial charge in [-0.3, -0.25) is 0 Å². The van der Waals surface area contributed by atoms with Crippen molar-refractivity contribution in [1.29, 1.82) is 5.26 Å². The molecule has 3 aromatic heterocycles. The zero-order chi connectivity index (χ0) is 34.6. The maximum atomic E-state index is 9.62. The van der Waals surface area contributed by atoms with Gasteiger partial charge in [0.15, 0.2) is 5.82 Å². The van der Waals surface area contributed by atoms with E-state index < -0.39 is 0 Å². The Morgan fingerprint density at radius 2 is 0.904 bits per heavy atom. The van der Waals surface area contributed by atoms with Crippen LogP contribution in [0.15, 0.2) is 176 Å². The van der Waals surface area contributed by atoms with E-state index in [0.717, 1.165) is 50.5 Å². The molecule has 0 aliphatic rings. The van der Waals surface area contributed by atoms with E-state index in [1.54, 1.807) is 0 Å². The molecule has 5 nitrogen and oxygen atoms in total. The van der Waals surface area contributed by atoms with Gasteiger partial charge in [-0.25, -0.2) is 9.97 Å². The molecular weight excluding hydrogens is 635 g/mol. The summed E-state index contributed by atoms with van der Waals surface area (Å²) in [6.45, 7) is 0. The van der Waals surface area contributed by atoms with Crippen LogP contribution in [0.2, 0.25) is 0 Å². The molecule has 52 heavy (non-hydrogen) atoms. The molecule has 0 N–H and O–H groups in total. The van der Waals surface area contributed by atoms with Crippen LogP contribution in [0.25, 0.3) is 88.9 Å². The average Bonchev–Trinajstić information content (AvgIpc) is 3.74. The Hall–Kier alpha value is -7.29. The normalized spacial score (nSPS) is 11.4. The van der Waals surface area contributed by atoms with Crippen molar-refractivity contribution in [2.24, 2.45) is 0 Å². The van der Waals surface area contributed by atoms with E-state index in [9.17, 15) is 5.26 Å². The highest BCUT2D eigenvalue weighted by Gasteiger charge is 2.21. The summed E-state index contributed by atoms with van der Waals surface area (Å²) in [5, 5.41) is 14.5. The smallest absolute Gasteiger partial charge is 0.160 e. The Morgan fingerprint density at radius 3 is 1.54 bits per heavy atom. The average molecular weight is 664 g/mol. The van der Waals surface area contributed by atoms with Crippen molar-refractivity contribution in [1.82, 2.24) is 19.1 Å². The third-order valence-electron chi connectivity index (χ3n) is 9.93. The van der Waals surface area contributed by atoms with Crippen LogP contribution in [0.5, 0.6) is 0 Å². The zero-order valence-corrected chi connectivity index (χ0v) is 28.0. The monoisotopic (exact) mass is 663 g/mol. The first kappa shape index (κ1) is 29.6. The Bertz CT molecular complexity index is 3020. The van der Waals surface area contributed by atoms with Gasteiger partial charge in [-0.1, -0.05) is 109 Å². The van der Waals surface area contributed by atoms with E-state index in [1.807, 2.05) is 60.7 Å². The van der Waals surface area contributed by atoms with Gasteiger partial charge in [-0.2, -0.15) is 5.26 Å². The summed E-state index contributed by atoms with van der Waals surface area (Å²) in [5.41, 5.74) is 11.8. The predicted molar refractivity (Wildman–Crippen MR) is 212 cm³/mol. The maximum absolute atomic E-state index is 9.62. The lowest BCUT2D eigenvalue weighted by molar-refractivity contribution is 1.16. The summed E-state index contributed by atoms with van der Waals surface area (Å²) in [5.74, 6) is 0.634. The summed E-state index contributed by atoms with van der Waals surface area (Å²) in [6.07, 6.45) is 0. The lowest BCUT2D eigenvalue weighted by atomic mass is 10.0. The van der Waals surface area contributed by atoms with Crippen LogP contribution >= 0.6 is 0 Å². The Labute approximate surface area is 299 Å². The molecule has 0 fully saturated rings. The van der Waals surface area contributed by atoms with Crippen LogP contribution in [0, 0.1) is 11.3 Å². The molecule has 0 aliphatic carbocycles. The molecule has 242 valence electrons. The second-order valence-electron chi connectivity index (χ2n) is 13.0. The fourth-order valence-corrected chi connectivity index (χ4v) is 7.66. The van der Waals surface area contributed by atoms with Crippen molar-refractivity contribution in [3.63, 3.8) is 0 Å². The molecule has 0 aliphatic heterocycles. The lowest BCUT2D eigenvalue weighted by Gasteiger charge is -2.12. The van der Waals surface area contributed by atoms with Crippen molar-refractivity contribution in [3.05, 3.63) is 181 Å². The topological polar surface area (TPSA) is 59.4 Å². The minimum atomic E-state index is 0.591. The summed E-state index contributed by atoms with van der Waals surface area (Å²) >= 11 is 0. The molecular formula is C47H29N5. The highest BCUT2D eigenvalue weighted by Crippen LogP contribution is 2.42. The SMILES string of the molecule is N#Cc1cccc(-c2cc(-c3cccc(-n4c5ccccc5c5c6c7ccccc7n(-c7ccccc7)c6ccc54)c3)nc(-c3ccccc3)n2)c1. The number of para-hydroxylation sites is 3. The second-order valence-corrected chi connectivity index (χ2v) is 13.0. The van der Waals surface area contributed by atoms with Gasteiger partial charge in [0.1, 0.15) is 0 Å². The van der Waals surface area contributed by atoms with E-state index in [4.69, 9.17) is 9.97 Å². The van der Waals surface area contributed by atoms with Crippen molar-refractivity contribution < 1.29 is 0 Å². The van der Waals surface area contributed by atoms with E-state index in [-0.39, 0.29) is 0 Å². The summed E-state index contributed by atoms with van der Waals surface area (Å²) in [4.78, 5) is 10.1. The molecule has 0 saturated carbocycles. The summed E-state index contributed by atoms with van der Waals surface area (Å²) < 4.78 is 4.75. The molecule has 0 unspecified atom stereocenters. The molecule has 0 bridgehead atoms. The Kier molecular flexibility index (Phi) is 6.80. The van der Waals surface area contributed by atoms with Gasteiger partial charge in [0.25, 0.3) is 0 Å². The van der Waals surface area contributed by atoms with Crippen molar-refractivity contribution >= 4 is 43.6 Å². The largest absolute Gasteiger partial charge is 0.309 e. The molecule has 3 heterocycles. The third kappa shape index (κ3) is 4.70. The van der Waals surface area contributed by atoms with Gasteiger partial charge < -0.3 is 9.13 Å². The van der Waals surface area contributed by atoms with Crippen molar-refractivity contribution in [2.45, 2.75) is 0 Å². The van der Waals surface area contributed by atoms with Crippen molar-refractivity contribution in [3.8, 4) is 51.3 Å². The highest BCUT2D eigenvalue weighted by molar-refractivity contribution is 6.28. The molecule has 0 spiro atoms. The molecule has 10 aromatic rings. The first-order chi connectivity index (χ1) is 25.7. The van der Waals surface area contributed by atoms with Crippen LogP contribution in [-0.4, -0.2) is 19.1 Å². The lowest BCUT2D eigenvalue weighted by Crippen LogP contribution is -1.98. The number of hydrogen-bond donors (Lipinski definition) is 0. The van der Waals surface area contributed by atoms with Crippen LogP contribution in [-0.2, 0) is 0 Å². The number of benzene rings is 7. The molecule has 0 amide bonds. The van der Waals surface area contributed by atoms with Crippen LogP contribution < -0.4 is 0 Å². The standard InChI is InChI=1S/C47H29N5/c48-30-31-13-11-16-33(27-31)39-29-40(50-47(49-39)32-14-3-1-4-15-32)34-17-12-20-36(28-34)52-42-24-10-8-22-38(42)46-44(52)26-25-43-45(46)37-21-7-9-23-41(37)51(43)35-18-5-2-6-19-35/h1-29H. The van der Waals surface area contributed by atoms with Crippen LogP contribution in [0.1, 0.15) is 5.56 Å². The van der Waals surface area contributed by atoms with E-state index in [1.165, 1.54) is 32.6 Å². The van der Waals surface area contributed by atoms with Crippen LogP contribution in [0.4, 0.5) is 0 Å². The fraction of sp³-hybridized carbons (Fsp3) is 0. The number of nitriles is 1. The van der Waals surface area contributed by atoms with Crippen molar-refractivity contribution in [2.75, 3.05) is 0 Å². The first-order valence-electron chi connectivity index (χ1n) is 17.3. The maximum Gasteiger partial charge on any atom is 0.160 e. The minimum absolute atomic E-state index is 0.591. The third-order valence-corrected chi connectivity index (χ3v) is 9.93. The molecule has 0 saturated heterocycles. The highest BCUT2D eigenvalue weighted by atomic mass is 15.0. The van der Waals surface area contributed by atoms with E-state index in [2.05, 4.69) is 130 Å². The molecule has 5 heteroatoms. The summed E-state index contributed by atoms with van der Waals surface area (Å²) in [7, 11) is 0. The van der Waals surface area contributed by atoms with Gasteiger partial charge in [0.2, 0.25) is 0 Å². The number of hydrogen-bond acceptors (Lipinski definition) is 3. The van der Waals surface area contributed by atoms with E-state index >= 15 is 0 Å². The Balaban J connectivity index is 1.21. The molecule has 0 radical (unpaired) electrons. The summed E-state index contributed by atoms with van der Waals surface area (Å²) in [6, 6.07) is 63.1. The predicted octanol–water partition coefficient (Wildman–Crippen LogP) is 11.5.